The highest BCUT2D eigenvalue weighted by Crippen LogP contribution is 2.30. The van der Waals surface area contributed by atoms with Gasteiger partial charge in [-0.25, -0.2) is 0 Å². The molecular formula is C23H22N2O. The standard InChI is InChI=1S/C23H22N2O/c24-16-17-25-23(26)22-13-7-5-11-20(22)15-14-19-10-4-6-12-21(19)18-8-2-1-3-9-18/h1-4,6,8-10,12,20,22H,5,7,11,13,17H2,(H,25,26). The number of benzene rings is 2. The first-order valence-corrected chi connectivity index (χ1v) is 9.10. The highest BCUT2D eigenvalue weighted by atomic mass is 16.1. The summed E-state index contributed by atoms with van der Waals surface area (Å²) in [5.41, 5.74) is 3.24. The summed E-state index contributed by atoms with van der Waals surface area (Å²) >= 11 is 0. The number of hydrogen-bond donors (Lipinski definition) is 1. The lowest BCUT2D eigenvalue weighted by Gasteiger charge is -2.26. The molecule has 0 radical (unpaired) electrons. The molecule has 0 heterocycles. The summed E-state index contributed by atoms with van der Waals surface area (Å²) < 4.78 is 0. The molecule has 3 nitrogen and oxygen atoms in total. The zero-order chi connectivity index (χ0) is 18.2. The molecule has 1 amide bonds. The van der Waals surface area contributed by atoms with E-state index in [1.54, 1.807) is 0 Å². The number of carbonyl (C=O) groups is 1. The fourth-order valence-electron chi connectivity index (χ4n) is 3.51. The topological polar surface area (TPSA) is 52.9 Å². The maximum absolute atomic E-state index is 12.3. The van der Waals surface area contributed by atoms with Crippen LogP contribution < -0.4 is 5.32 Å². The van der Waals surface area contributed by atoms with Crippen LogP contribution in [0, 0.1) is 35.0 Å². The molecule has 1 saturated carbocycles. The molecule has 0 spiro atoms. The van der Waals surface area contributed by atoms with Gasteiger partial charge in [-0.3, -0.25) is 4.79 Å². The molecule has 2 aromatic rings. The smallest absolute Gasteiger partial charge is 0.225 e. The molecule has 3 heteroatoms. The number of nitrogens with zero attached hydrogens (tertiary/aromatic N) is 1. The van der Waals surface area contributed by atoms with Gasteiger partial charge < -0.3 is 5.32 Å². The molecule has 130 valence electrons. The largest absolute Gasteiger partial charge is 0.343 e. The monoisotopic (exact) mass is 342 g/mol. The highest BCUT2D eigenvalue weighted by molar-refractivity contribution is 5.80. The molecule has 2 aromatic carbocycles. The molecule has 2 unspecified atom stereocenters. The van der Waals surface area contributed by atoms with E-state index in [-0.39, 0.29) is 24.3 Å². The normalized spacial score (nSPS) is 18.9. The van der Waals surface area contributed by atoms with Crippen molar-refractivity contribution >= 4 is 5.91 Å². The van der Waals surface area contributed by atoms with Crippen molar-refractivity contribution < 1.29 is 4.79 Å². The van der Waals surface area contributed by atoms with Crippen LogP contribution in [0.25, 0.3) is 11.1 Å². The first-order chi connectivity index (χ1) is 12.8. The van der Waals surface area contributed by atoms with E-state index in [0.717, 1.165) is 42.4 Å². The van der Waals surface area contributed by atoms with Crippen molar-refractivity contribution in [1.29, 1.82) is 5.26 Å². The van der Waals surface area contributed by atoms with Gasteiger partial charge in [-0.05, 0) is 30.0 Å². The average molecular weight is 342 g/mol. The molecule has 0 aliphatic heterocycles. The van der Waals surface area contributed by atoms with Gasteiger partial charge in [0.2, 0.25) is 5.91 Å². The first-order valence-electron chi connectivity index (χ1n) is 9.10. The molecule has 26 heavy (non-hydrogen) atoms. The van der Waals surface area contributed by atoms with Crippen molar-refractivity contribution in [2.24, 2.45) is 11.8 Å². The van der Waals surface area contributed by atoms with Crippen LogP contribution in [-0.4, -0.2) is 12.5 Å². The summed E-state index contributed by atoms with van der Waals surface area (Å²) in [5, 5.41) is 11.4. The maximum Gasteiger partial charge on any atom is 0.225 e. The van der Waals surface area contributed by atoms with Gasteiger partial charge in [0.25, 0.3) is 0 Å². The number of nitrogens with one attached hydrogen (secondary N) is 1. The van der Waals surface area contributed by atoms with E-state index >= 15 is 0 Å². The molecule has 1 aliphatic carbocycles. The van der Waals surface area contributed by atoms with E-state index < -0.39 is 0 Å². The quantitative estimate of drug-likeness (QED) is 0.673. The van der Waals surface area contributed by atoms with E-state index in [1.165, 1.54) is 0 Å². The van der Waals surface area contributed by atoms with Crippen molar-refractivity contribution in [1.82, 2.24) is 5.32 Å². The van der Waals surface area contributed by atoms with Gasteiger partial charge in [-0.1, -0.05) is 73.2 Å². The molecule has 1 N–H and O–H groups in total. The number of rotatable bonds is 3. The third-order valence-electron chi connectivity index (χ3n) is 4.85. The Morgan fingerprint density at radius 2 is 1.77 bits per heavy atom. The minimum Gasteiger partial charge on any atom is -0.343 e. The number of hydrogen-bond acceptors (Lipinski definition) is 2. The number of carbonyl (C=O) groups excluding carboxylic acids is 1. The lowest BCUT2D eigenvalue weighted by atomic mass is 9.79. The van der Waals surface area contributed by atoms with Crippen LogP contribution in [0.1, 0.15) is 31.2 Å². The zero-order valence-corrected chi connectivity index (χ0v) is 14.7. The van der Waals surface area contributed by atoms with Crippen LogP contribution in [0.15, 0.2) is 54.6 Å². The van der Waals surface area contributed by atoms with Crippen LogP contribution in [0.4, 0.5) is 0 Å². The van der Waals surface area contributed by atoms with Crippen LogP contribution in [0.5, 0.6) is 0 Å². The first kappa shape index (κ1) is 17.8. The molecule has 0 aromatic heterocycles. The molecular weight excluding hydrogens is 320 g/mol. The average Bonchev–Trinajstić information content (AvgIpc) is 2.71. The maximum atomic E-state index is 12.3. The number of nitriles is 1. The Bertz CT molecular complexity index is 855. The third kappa shape index (κ3) is 4.32. The molecule has 1 fully saturated rings. The summed E-state index contributed by atoms with van der Waals surface area (Å²) in [6.45, 7) is 0.0618. The van der Waals surface area contributed by atoms with Crippen molar-refractivity contribution in [2.45, 2.75) is 25.7 Å². The summed E-state index contributed by atoms with van der Waals surface area (Å²) in [4.78, 5) is 12.3. The molecule has 1 aliphatic rings. The zero-order valence-electron chi connectivity index (χ0n) is 14.7. The molecule has 0 bridgehead atoms. The van der Waals surface area contributed by atoms with E-state index in [2.05, 4.69) is 35.4 Å². The van der Waals surface area contributed by atoms with Crippen LogP contribution in [-0.2, 0) is 4.79 Å². The number of amides is 1. The van der Waals surface area contributed by atoms with Gasteiger partial charge in [0.15, 0.2) is 0 Å². The van der Waals surface area contributed by atoms with Crippen molar-refractivity contribution in [3.05, 3.63) is 60.2 Å². The van der Waals surface area contributed by atoms with Gasteiger partial charge in [-0.2, -0.15) is 5.26 Å². The summed E-state index contributed by atoms with van der Waals surface area (Å²) in [6.07, 6.45) is 3.92. The predicted octanol–water partition coefficient (Wildman–Crippen LogP) is 4.15. The summed E-state index contributed by atoms with van der Waals surface area (Å²) in [5.74, 6) is 6.58. The fourth-order valence-corrected chi connectivity index (χ4v) is 3.51. The van der Waals surface area contributed by atoms with E-state index in [1.807, 2.05) is 42.5 Å². The van der Waals surface area contributed by atoms with Gasteiger partial charge in [0.05, 0.1) is 12.0 Å². The van der Waals surface area contributed by atoms with Crippen molar-refractivity contribution in [3.63, 3.8) is 0 Å². The second-order valence-electron chi connectivity index (χ2n) is 6.55. The van der Waals surface area contributed by atoms with Gasteiger partial charge in [0, 0.05) is 11.5 Å². The Hall–Kier alpha value is -3.04. The second-order valence-corrected chi connectivity index (χ2v) is 6.55. The molecule has 0 saturated heterocycles. The Kier molecular flexibility index (Phi) is 6.07. The highest BCUT2D eigenvalue weighted by Gasteiger charge is 2.29. The molecule has 2 atom stereocenters. The third-order valence-corrected chi connectivity index (χ3v) is 4.85. The van der Waals surface area contributed by atoms with Crippen molar-refractivity contribution in [2.75, 3.05) is 6.54 Å². The summed E-state index contributed by atoms with van der Waals surface area (Å²) in [7, 11) is 0. The Labute approximate surface area is 155 Å². The van der Waals surface area contributed by atoms with Crippen LogP contribution in [0.3, 0.4) is 0 Å². The Balaban J connectivity index is 1.84. The fraction of sp³-hybridized carbons (Fsp3) is 0.304. The molecule has 3 rings (SSSR count). The van der Waals surface area contributed by atoms with E-state index in [9.17, 15) is 4.79 Å². The minimum atomic E-state index is -0.117. The lowest BCUT2D eigenvalue weighted by molar-refractivity contribution is -0.126. The minimum absolute atomic E-state index is 0.0399. The Morgan fingerprint density at radius 3 is 2.58 bits per heavy atom. The van der Waals surface area contributed by atoms with Gasteiger partial charge in [-0.15, -0.1) is 0 Å². The van der Waals surface area contributed by atoms with Crippen LogP contribution >= 0.6 is 0 Å². The predicted molar refractivity (Wildman–Crippen MR) is 103 cm³/mol. The van der Waals surface area contributed by atoms with E-state index in [4.69, 9.17) is 5.26 Å². The van der Waals surface area contributed by atoms with Crippen LogP contribution in [0.2, 0.25) is 0 Å². The van der Waals surface area contributed by atoms with E-state index in [0.29, 0.717) is 0 Å². The summed E-state index contributed by atoms with van der Waals surface area (Å²) in [6, 6.07) is 20.3. The second kappa shape index (κ2) is 8.88. The SMILES string of the molecule is N#CCNC(=O)C1CCCCC1C#Cc1ccccc1-c1ccccc1. The lowest BCUT2D eigenvalue weighted by Crippen LogP contribution is -2.36. The van der Waals surface area contributed by atoms with Gasteiger partial charge in [0.1, 0.15) is 6.54 Å². The van der Waals surface area contributed by atoms with Crippen molar-refractivity contribution in [3.8, 4) is 29.0 Å². The van der Waals surface area contributed by atoms with Gasteiger partial charge >= 0.3 is 0 Å². The Morgan fingerprint density at radius 1 is 1.04 bits per heavy atom.